The van der Waals surface area contributed by atoms with Crippen LogP contribution in [0.5, 0.6) is 0 Å². The van der Waals surface area contributed by atoms with E-state index in [4.69, 9.17) is 10.2 Å². The molecule has 2 N–H and O–H groups in total. The van der Waals surface area contributed by atoms with Gasteiger partial charge in [0, 0.05) is 12.4 Å². The van der Waals surface area contributed by atoms with Crippen molar-refractivity contribution in [2.24, 2.45) is 0 Å². The summed E-state index contributed by atoms with van der Waals surface area (Å²) in [5.74, 6) is -1.00. The van der Waals surface area contributed by atoms with E-state index in [1.54, 1.807) is 18.5 Å². The Morgan fingerprint density at radius 2 is 2.42 bits per heavy atom. The number of hydrogen-bond donors (Lipinski definition) is 2. The number of carbonyl (C=O) groups is 1. The minimum absolute atomic E-state index is 0.222. The highest BCUT2D eigenvalue weighted by Crippen LogP contribution is 1.95. The molecule has 0 aliphatic carbocycles. The molecule has 0 radical (unpaired) electrons. The zero-order chi connectivity index (χ0) is 8.97. The van der Waals surface area contributed by atoms with E-state index in [9.17, 15) is 4.79 Å². The molecular formula is C7H10N2O3. The lowest BCUT2D eigenvalue weighted by Crippen LogP contribution is -2.19. The summed E-state index contributed by atoms with van der Waals surface area (Å²) in [5, 5.41) is 21.3. The Morgan fingerprint density at radius 3 is 2.92 bits per heavy atom. The predicted molar refractivity (Wildman–Crippen MR) is 40.5 cm³/mol. The average molecular weight is 170 g/mol. The molecule has 0 fully saturated rings. The molecule has 0 saturated heterocycles. The van der Waals surface area contributed by atoms with Gasteiger partial charge in [0.2, 0.25) is 0 Å². The van der Waals surface area contributed by atoms with Crippen molar-refractivity contribution >= 4 is 5.97 Å². The minimum atomic E-state index is -1.00. The number of nitrogens with zero attached hydrogens (tertiary/aromatic N) is 2. The van der Waals surface area contributed by atoms with Gasteiger partial charge in [0.15, 0.2) is 0 Å². The lowest BCUT2D eigenvalue weighted by atomic mass is 10.2. The number of rotatable bonds is 4. The van der Waals surface area contributed by atoms with Crippen LogP contribution in [0.3, 0.4) is 0 Å². The first-order valence-electron chi connectivity index (χ1n) is 3.56. The zero-order valence-electron chi connectivity index (χ0n) is 6.42. The number of carboxylic acids is 1. The van der Waals surface area contributed by atoms with E-state index in [0.29, 0.717) is 0 Å². The number of aliphatic hydroxyl groups is 1. The Bertz CT molecular complexity index is 245. The third-order valence-corrected chi connectivity index (χ3v) is 1.37. The van der Waals surface area contributed by atoms with Crippen molar-refractivity contribution in [2.45, 2.75) is 19.1 Å². The van der Waals surface area contributed by atoms with E-state index < -0.39 is 12.1 Å². The molecule has 5 nitrogen and oxygen atoms in total. The topological polar surface area (TPSA) is 75.3 Å². The van der Waals surface area contributed by atoms with Gasteiger partial charge in [0.1, 0.15) is 0 Å². The van der Waals surface area contributed by atoms with Crippen molar-refractivity contribution in [3.8, 4) is 0 Å². The van der Waals surface area contributed by atoms with Gasteiger partial charge < -0.3 is 10.2 Å². The molecule has 1 unspecified atom stereocenters. The highest BCUT2D eigenvalue weighted by molar-refractivity contribution is 5.67. The van der Waals surface area contributed by atoms with Crippen LogP contribution < -0.4 is 0 Å². The van der Waals surface area contributed by atoms with Crippen molar-refractivity contribution in [3.05, 3.63) is 18.5 Å². The quantitative estimate of drug-likeness (QED) is 0.651. The molecule has 1 heterocycles. The fourth-order valence-corrected chi connectivity index (χ4v) is 0.890. The summed E-state index contributed by atoms with van der Waals surface area (Å²) < 4.78 is 1.49. The summed E-state index contributed by atoms with van der Waals surface area (Å²) >= 11 is 0. The number of aromatic nitrogens is 2. The molecule has 0 aliphatic rings. The van der Waals surface area contributed by atoms with Crippen LogP contribution in [0.2, 0.25) is 0 Å². The van der Waals surface area contributed by atoms with Gasteiger partial charge >= 0.3 is 5.97 Å². The Labute approximate surface area is 69.2 Å². The molecule has 0 saturated carbocycles. The molecule has 0 amide bonds. The monoisotopic (exact) mass is 170 g/mol. The molecule has 66 valence electrons. The fraction of sp³-hybridized carbons (Fsp3) is 0.429. The number of hydrogen-bond acceptors (Lipinski definition) is 3. The standard InChI is InChI=1S/C7H10N2O3/c10-6(4-7(11)12)5-9-3-1-2-8-9/h1-3,6,10H,4-5H2,(H,11,12). The first-order valence-corrected chi connectivity index (χ1v) is 3.56. The third-order valence-electron chi connectivity index (χ3n) is 1.37. The van der Waals surface area contributed by atoms with Crippen LogP contribution >= 0.6 is 0 Å². The lowest BCUT2D eigenvalue weighted by molar-refractivity contribution is -0.139. The van der Waals surface area contributed by atoms with Gasteiger partial charge in [0.25, 0.3) is 0 Å². The Kier molecular flexibility index (Phi) is 2.82. The molecule has 1 atom stereocenters. The molecule has 0 bridgehead atoms. The summed E-state index contributed by atoms with van der Waals surface area (Å²) in [7, 11) is 0. The van der Waals surface area contributed by atoms with Crippen LogP contribution in [0.25, 0.3) is 0 Å². The van der Waals surface area contributed by atoms with Gasteiger partial charge in [-0.1, -0.05) is 0 Å². The molecule has 1 rings (SSSR count). The van der Waals surface area contributed by atoms with Gasteiger partial charge in [-0.2, -0.15) is 5.10 Å². The smallest absolute Gasteiger partial charge is 0.306 e. The Balaban J connectivity index is 2.36. The van der Waals surface area contributed by atoms with Gasteiger partial charge in [-0.25, -0.2) is 0 Å². The van der Waals surface area contributed by atoms with E-state index in [-0.39, 0.29) is 13.0 Å². The molecule has 1 aromatic rings. The molecule has 5 heteroatoms. The highest BCUT2D eigenvalue weighted by atomic mass is 16.4. The van der Waals surface area contributed by atoms with E-state index in [1.165, 1.54) is 4.68 Å². The van der Waals surface area contributed by atoms with E-state index >= 15 is 0 Å². The van der Waals surface area contributed by atoms with Gasteiger partial charge in [0.05, 0.1) is 19.1 Å². The van der Waals surface area contributed by atoms with Crippen LogP contribution in [-0.4, -0.2) is 32.1 Å². The Hall–Kier alpha value is -1.36. The normalized spacial score (nSPS) is 12.8. The first-order chi connectivity index (χ1) is 5.68. The van der Waals surface area contributed by atoms with Crippen LogP contribution in [0.4, 0.5) is 0 Å². The lowest BCUT2D eigenvalue weighted by Gasteiger charge is -2.06. The average Bonchev–Trinajstić information content (AvgIpc) is 2.37. The maximum Gasteiger partial charge on any atom is 0.306 e. The molecule has 0 aromatic carbocycles. The first kappa shape index (κ1) is 8.73. The van der Waals surface area contributed by atoms with Crippen molar-refractivity contribution in [3.63, 3.8) is 0 Å². The van der Waals surface area contributed by atoms with Gasteiger partial charge in [-0.15, -0.1) is 0 Å². The van der Waals surface area contributed by atoms with Gasteiger partial charge in [-0.05, 0) is 6.07 Å². The minimum Gasteiger partial charge on any atom is -0.481 e. The zero-order valence-corrected chi connectivity index (χ0v) is 6.42. The second-order valence-electron chi connectivity index (χ2n) is 2.48. The molecule has 1 aromatic heterocycles. The van der Waals surface area contributed by atoms with E-state index in [1.807, 2.05) is 0 Å². The van der Waals surface area contributed by atoms with Crippen molar-refractivity contribution in [2.75, 3.05) is 0 Å². The molecule has 0 spiro atoms. The van der Waals surface area contributed by atoms with Crippen LogP contribution in [0, 0.1) is 0 Å². The highest BCUT2D eigenvalue weighted by Gasteiger charge is 2.09. The van der Waals surface area contributed by atoms with E-state index in [2.05, 4.69) is 5.10 Å². The summed E-state index contributed by atoms with van der Waals surface area (Å²) in [5.41, 5.74) is 0. The number of aliphatic carboxylic acids is 1. The van der Waals surface area contributed by atoms with Crippen molar-refractivity contribution in [1.29, 1.82) is 0 Å². The third kappa shape index (κ3) is 2.71. The molecule has 0 aliphatic heterocycles. The van der Waals surface area contributed by atoms with Crippen molar-refractivity contribution < 1.29 is 15.0 Å². The number of carboxylic acid groups (broad SMARTS) is 1. The summed E-state index contributed by atoms with van der Waals surface area (Å²) in [6.07, 6.45) is 2.13. The second-order valence-corrected chi connectivity index (χ2v) is 2.48. The maximum atomic E-state index is 10.1. The molecule has 12 heavy (non-hydrogen) atoms. The summed E-state index contributed by atoms with van der Waals surface area (Å²) in [4.78, 5) is 10.1. The predicted octanol–water partition coefficient (Wildman–Crippen LogP) is -0.281. The number of aliphatic hydroxyl groups excluding tert-OH is 1. The van der Waals surface area contributed by atoms with E-state index in [0.717, 1.165) is 0 Å². The molecular weight excluding hydrogens is 160 g/mol. The largest absolute Gasteiger partial charge is 0.481 e. The van der Waals surface area contributed by atoms with Crippen LogP contribution in [0.15, 0.2) is 18.5 Å². The van der Waals surface area contributed by atoms with Gasteiger partial charge in [-0.3, -0.25) is 9.48 Å². The summed E-state index contributed by atoms with van der Waals surface area (Å²) in [6, 6.07) is 1.72. The maximum absolute atomic E-state index is 10.1. The second kappa shape index (κ2) is 3.87. The fourth-order valence-electron chi connectivity index (χ4n) is 0.890. The Morgan fingerprint density at radius 1 is 1.67 bits per heavy atom. The van der Waals surface area contributed by atoms with Crippen LogP contribution in [-0.2, 0) is 11.3 Å². The van der Waals surface area contributed by atoms with Crippen LogP contribution in [0.1, 0.15) is 6.42 Å². The van der Waals surface area contributed by atoms with Crippen molar-refractivity contribution in [1.82, 2.24) is 9.78 Å². The summed E-state index contributed by atoms with van der Waals surface area (Å²) in [6.45, 7) is 0.222. The SMILES string of the molecule is O=C(O)CC(O)Cn1cccn1.